The lowest BCUT2D eigenvalue weighted by molar-refractivity contribution is -0.184. The monoisotopic (exact) mass is 522 g/mol. The number of ether oxygens (including phenoxy) is 1. The number of hydrogen-bond donors (Lipinski definition) is 2. The first-order valence-electron chi connectivity index (χ1n) is 14.2. The minimum absolute atomic E-state index is 0.00625. The van der Waals surface area contributed by atoms with E-state index in [0.29, 0.717) is 11.5 Å². The van der Waals surface area contributed by atoms with Crippen LogP contribution in [0.5, 0.6) is 0 Å². The minimum Gasteiger partial charge on any atom is -0.481 e. The SMILES string of the molecule is CC[C@@]12CC[C@@]3(C)C4=CC(=O)C(OCC(=O)O)=C(C)C4=CC=C3[C@@]1(C)CC[C@@]1(C)CC[C@@](C)(C(=O)O)C[C@H]12. The predicted molar refractivity (Wildman–Crippen MR) is 144 cm³/mol. The summed E-state index contributed by atoms with van der Waals surface area (Å²) in [4.78, 5) is 36.6. The number of aliphatic carboxylic acids is 2. The van der Waals surface area contributed by atoms with Gasteiger partial charge in [0.25, 0.3) is 0 Å². The number of carbonyl (C=O) groups excluding carboxylic acids is 1. The highest BCUT2D eigenvalue weighted by Crippen LogP contribution is 2.76. The highest BCUT2D eigenvalue weighted by atomic mass is 16.5. The van der Waals surface area contributed by atoms with E-state index in [1.54, 1.807) is 6.08 Å². The summed E-state index contributed by atoms with van der Waals surface area (Å²) >= 11 is 0. The highest BCUT2D eigenvalue weighted by molar-refractivity contribution is 6.07. The van der Waals surface area contributed by atoms with Gasteiger partial charge in [-0.15, -0.1) is 0 Å². The van der Waals surface area contributed by atoms with Gasteiger partial charge in [0.15, 0.2) is 12.4 Å². The Hall–Kier alpha value is -2.63. The normalized spacial score (nSPS) is 42.0. The summed E-state index contributed by atoms with van der Waals surface area (Å²) in [5.41, 5.74) is 3.06. The van der Waals surface area contributed by atoms with Crippen LogP contribution in [-0.4, -0.2) is 34.5 Å². The molecule has 206 valence electrons. The molecule has 0 amide bonds. The van der Waals surface area contributed by atoms with Crippen molar-refractivity contribution in [2.45, 2.75) is 92.9 Å². The molecule has 5 aliphatic carbocycles. The van der Waals surface area contributed by atoms with Gasteiger partial charge in [-0.05, 0) is 105 Å². The van der Waals surface area contributed by atoms with Gasteiger partial charge in [0.1, 0.15) is 0 Å². The number of carboxylic acid groups (broad SMARTS) is 2. The second-order valence-electron chi connectivity index (χ2n) is 13.7. The zero-order valence-electron chi connectivity index (χ0n) is 23.7. The first-order chi connectivity index (χ1) is 17.7. The van der Waals surface area contributed by atoms with E-state index in [0.717, 1.165) is 62.5 Å². The second kappa shape index (κ2) is 8.43. The number of ketones is 1. The van der Waals surface area contributed by atoms with E-state index in [2.05, 4.69) is 39.8 Å². The Balaban J connectivity index is 1.62. The van der Waals surface area contributed by atoms with E-state index >= 15 is 0 Å². The van der Waals surface area contributed by atoms with Gasteiger partial charge in [0.2, 0.25) is 5.78 Å². The zero-order chi connectivity index (χ0) is 27.9. The lowest BCUT2D eigenvalue weighted by Crippen LogP contribution is -2.63. The van der Waals surface area contributed by atoms with Crippen LogP contribution in [0.3, 0.4) is 0 Å². The van der Waals surface area contributed by atoms with Crippen LogP contribution < -0.4 is 0 Å². The number of rotatable bonds is 5. The first kappa shape index (κ1) is 27.0. The fourth-order valence-electron chi connectivity index (χ4n) is 9.52. The fourth-order valence-corrected chi connectivity index (χ4v) is 9.52. The lowest BCUT2D eigenvalue weighted by Gasteiger charge is -2.70. The van der Waals surface area contributed by atoms with Crippen molar-refractivity contribution in [1.29, 1.82) is 0 Å². The summed E-state index contributed by atoms with van der Waals surface area (Å²) < 4.78 is 5.41. The maximum atomic E-state index is 13.2. The van der Waals surface area contributed by atoms with E-state index < -0.39 is 24.0 Å². The topological polar surface area (TPSA) is 101 Å². The smallest absolute Gasteiger partial charge is 0.341 e. The number of carbonyl (C=O) groups is 3. The lowest BCUT2D eigenvalue weighted by atomic mass is 9.33. The van der Waals surface area contributed by atoms with Crippen LogP contribution in [-0.2, 0) is 19.1 Å². The molecule has 6 heteroatoms. The molecule has 2 N–H and O–H groups in total. The standard InChI is InChI=1S/C32H42O6/c1-7-32-15-13-30(5)21-16-22(33)26(38-18-25(34)35)19(2)20(21)8-9-23(30)31(32,6)14-12-28(3)10-11-29(4,27(36)37)17-24(28)32/h8-9,16,24H,7,10-15,17-18H2,1-6H3,(H,34,35)(H,36,37)/t24-,28-,29-,30+,31-,32+/m1/s1. The Kier molecular flexibility index (Phi) is 5.98. The second-order valence-corrected chi connectivity index (χ2v) is 13.7. The largest absolute Gasteiger partial charge is 0.481 e. The van der Waals surface area contributed by atoms with Crippen LogP contribution in [0.4, 0.5) is 0 Å². The van der Waals surface area contributed by atoms with Gasteiger partial charge < -0.3 is 14.9 Å². The summed E-state index contributed by atoms with van der Waals surface area (Å²) in [6.45, 7) is 12.6. The van der Waals surface area contributed by atoms with Crippen molar-refractivity contribution >= 4 is 17.7 Å². The molecular formula is C32H42O6. The molecule has 0 aliphatic heterocycles. The van der Waals surface area contributed by atoms with Crippen molar-refractivity contribution in [3.8, 4) is 0 Å². The third kappa shape index (κ3) is 3.40. The van der Waals surface area contributed by atoms with Crippen LogP contribution in [0.15, 0.2) is 46.3 Å². The number of allylic oxidation sites excluding steroid dienone is 7. The van der Waals surface area contributed by atoms with Gasteiger partial charge in [0.05, 0.1) is 5.41 Å². The molecule has 0 spiro atoms. The summed E-state index contributed by atoms with van der Waals surface area (Å²) in [6.07, 6.45) is 13.5. The predicted octanol–water partition coefficient (Wildman–Crippen LogP) is 6.63. The molecular weight excluding hydrogens is 480 g/mol. The minimum atomic E-state index is -1.11. The molecule has 0 heterocycles. The summed E-state index contributed by atoms with van der Waals surface area (Å²) in [7, 11) is 0. The van der Waals surface area contributed by atoms with Crippen molar-refractivity contribution < 1.29 is 29.3 Å². The van der Waals surface area contributed by atoms with Crippen molar-refractivity contribution in [1.82, 2.24) is 0 Å². The molecule has 6 nitrogen and oxygen atoms in total. The zero-order valence-corrected chi connectivity index (χ0v) is 23.7. The summed E-state index contributed by atoms with van der Waals surface area (Å²) in [5.74, 6) is -1.60. The molecule has 0 aromatic heterocycles. The first-order valence-corrected chi connectivity index (χ1v) is 14.2. The Morgan fingerprint density at radius 3 is 2.32 bits per heavy atom. The van der Waals surface area contributed by atoms with Crippen molar-refractivity contribution in [2.75, 3.05) is 6.61 Å². The van der Waals surface area contributed by atoms with Crippen LogP contribution >= 0.6 is 0 Å². The van der Waals surface area contributed by atoms with Gasteiger partial charge in [-0.2, -0.15) is 0 Å². The molecule has 0 radical (unpaired) electrons. The third-order valence-electron chi connectivity index (χ3n) is 12.0. The van der Waals surface area contributed by atoms with Gasteiger partial charge in [0, 0.05) is 11.0 Å². The quantitative estimate of drug-likeness (QED) is 0.420. The third-order valence-corrected chi connectivity index (χ3v) is 12.0. The van der Waals surface area contributed by atoms with Crippen LogP contribution in [0, 0.1) is 33.0 Å². The molecule has 0 bridgehead atoms. The van der Waals surface area contributed by atoms with E-state index in [1.165, 1.54) is 5.57 Å². The average Bonchev–Trinajstić information content (AvgIpc) is 2.85. The van der Waals surface area contributed by atoms with Crippen LogP contribution in [0.25, 0.3) is 0 Å². The average molecular weight is 523 g/mol. The van der Waals surface area contributed by atoms with Crippen molar-refractivity contribution in [3.05, 3.63) is 46.3 Å². The van der Waals surface area contributed by atoms with Crippen LogP contribution in [0.2, 0.25) is 0 Å². The van der Waals surface area contributed by atoms with E-state index in [4.69, 9.17) is 9.84 Å². The Morgan fingerprint density at radius 1 is 1.00 bits per heavy atom. The Labute approximate surface area is 225 Å². The maximum Gasteiger partial charge on any atom is 0.341 e. The van der Waals surface area contributed by atoms with Crippen molar-refractivity contribution in [2.24, 2.45) is 33.0 Å². The van der Waals surface area contributed by atoms with Gasteiger partial charge >= 0.3 is 11.9 Å². The van der Waals surface area contributed by atoms with Crippen molar-refractivity contribution in [3.63, 3.8) is 0 Å². The van der Waals surface area contributed by atoms with Crippen LogP contribution in [0.1, 0.15) is 92.9 Å². The molecule has 6 atom stereocenters. The van der Waals surface area contributed by atoms with E-state index in [-0.39, 0.29) is 33.2 Å². The molecule has 38 heavy (non-hydrogen) atoms. The van der Waals surface area contributed by atoms with Gasteiger partial charge in [-0.25, -0.2) is 4.79 Å². The fraction of sp³-hybridized carbons (Fsp3) is 0.656. The molecule has 5 aliphatic rings. The Morgan fingerprint density at radius 2 is 1.68 bits per heavy atom. The molecule has 0 aromatic carbocycles. The maximum absolute atomic E-state index is 13.2. The van der Waals surface area contributed by atoms with Gasteiger partial charge in [-0.1, -0.05) is 45.4 Å². The molecule has 3 saturated carbocycles. The number of fused-ring (bicyclic) bond motifs is 7. The molecule has 0 aromatic rings. The molecule has 0 unspecified atom stereocenters. The highest BCUT2D eigenvalue weighted by Gasteiger charge is 2.68. The molecule has 5 rings (SSSR count). The summed E-state index contributed by atoms with van der Waals surface area (Å²) in [6, 6.07) is 0. The molecule has 3 fully saturated rings. The Bertz CT molecular complexity index is 1250. The van der Waals surface area contributed by atoms with E-state index in [9.17, 15) is 19.5 Å². The summed E-state index contributed by atoms with van der Waals surface area (Å²) in [5, 5.41) is 19.2. The number of carboxylic acids is 2. The molecule has 0 saturated heterocycles. The van der Waals surface area contributed by atoms with E-state index in [1.807, 2.05) is 13.8 Å². The van der Waals surface area contributed by atoms with Gasteiger partial charge in [-0.3, -0.25) is 9.59 Å². The number of hydrogen-bond acceptors (Lipinski definition) is 4.